The maximum atomic E-state index is 5.41. The van der Waals surface area contributed by atoms with E-state index in [4.69, 9.17) is 20.2 Å². The number of hydrogen-bond donors (Lipinski definition) is 1. The molecule has 5 heteroatoms. The first-order chi connectivity index (χ1) is 9.35. The van der Waals surface area contributed by atoms with Gasteiger partial charge in [0.15, 0.2) is 11.5 Å². The van der Waals surface area contributed by atoms with Gasteiger partial charge in [0, 0.05) is 6.54 Å². The smallest absolute Gasteiger partial charge is 0.231 e. The molecule has 2 heterocycles. The van der Waals surface area contributed by atoms with Crippen LogP contribution < -0.4 is 15.4 Å². The number of fused-ring (bicyclic) bond motifs is 1. The second-order valence-corrected chi connectivity index (χ2v) is 5.24. The fourth-order valence-corrected chi connectivity index (χ4v) is 2.74. The van der Waals surface area contributed by atoms with Gasteiger partial charge in [-0.15, -0.1) is 0 Å². The van der Waals surface area contributed by atoms with Crippen LogP contribution in [-0.2, 0) is 11.4 Å². The van der Waals surface area contributed by atoms with Crippen LogP contribution in [-0.4, -0.2) is 31.4 Å². The van der Waals surface area contributed by atoms with Crippen LogP contribution >= 0.6 is 0 Å². The standard InChI is InChI=1S/C14H20N2O3/c15-19-9-11-3-5-16(6-4-11)8-12-1-2-13-14(7-12)18-10-17-13/h1-2,7,11H,3-6,8-10,15H2. The number of hydrogen-bond acceptors (Lipinski definition) is 5. The van der Waals surface area contributed by atoms with E-state index in [2.05, 4.69) is 17.0 Å². The summed E-state index contributed by atoms with van der Waals surface area (Å²) in [7, 11) is 0. The zero-order chi connectivity index (χ0) is 13.1. The van der Waals surface area contributed by atoms with Crippen LogP contribution in [0.5, 0.6) is 11.5 Å². The monoisotopic (exact) mass is 264 g/mol. The Hall–Kier alpha value is -1.30. The molecule has 1 saturated heterocycles. The van der Waals surface area contributed by atoms with Gasteiger partial charge in [0.25, 0.3) is 0 Å². The molecule has 1 aromatic rings. The summed E-state index contributed by atoms with van der Waals surface area (Å²) in [6.07, 6.45) is 2.31. The minimum absolute atomic E-state index is 0.337. The van der Waals surface area contributed by atoms with Crippen LogP contribution in [0.25, 0.3) is 0 Å². The summed E-state index contributed by atoms with van der Waals surface area (Å²) in [4.78, 5) is 7.20. The van der Waals surface area contributed by atoms with Gasteiger partial charge in [0.1, 0.15) is 0 Å². The number of piperidine rings is 1. The molecule has 1 fully saturated rings. The lowest BCUT2D eigenvalue weighted by Gasteiger charge is -2.31. The molecule has 0 amide bonds. The van der Waals surface area contributed by atoms with Crippen LogP contribution in [0.1, 0.15) is 18.4 Å². The molecule has 0 aromatic heterocycles. The van der Waals surface area contributed by atoms with Crippen molar-refractivity contribution in [2.24, 2.45) is 11.8 Å². The van der Waals surface area contributed by atoms with Gasteiger partial charge in [0.05, 0.1) is 6.61 Å². The Balaban J connectivity index is 1.55. The Bertz CT molecular complexity index is 431. The summed E-state index contributed by atoms with van der Waals surface area (Å²) in [5.41, 5.74) is 1.28. The maximum absolute atomic E-state index is 5.41. The maximum Gasteiger partial charge on any atom is 0.231 e. The normalized spacial score (nSPS) is 19.8. The van der Waals surface area contributed by atoms with Gasteiger partial charge in [-0.25, -0.2) is 5.90 Å². The molecule has 0 spiro atoms. The highest BCUT2D eigenvalue weighted by molar-refractivity contribution is 5.44. The zero-order valence-electron chi connectivity index (χ0n) is 11.0. The first kappa shape index (κ1) is 12.7. The lowest BCUT2D eigenvalue weighted by molar-refractivity contribution is 0.0658. The fourth-order valence-electron chi connectivity index (χ4n) is 2.74. The summed E-state index contributed by atoms with van der Waals surface area (Å²) < 4.78 is 10.7. The Morgan fingerprint density at radius 3 is 2.79 bits per heavy atom. The third-order valence-electron chi connectivity index (χ3n) is 3.88. The van der Waals surface area contributed by atoms with Gasteiger partial charge in [0.2, 0.25) is 6.79 Å². The topological polar surface area (TPSA) is 57.0 Å². The molecular formula is C14H20N2O3. The Labute approximate surface area is 113 Å². The Morgan fingerprint density at radius 1 is 1.21 bits per heavy atom. The number of rotatable bonds is 4. The van der Waals surface area contributed by atoms with Crippen LogP contribution in [0.2, 0.25) is 0 Å². The zero-order valence-corrected chi connectivity index (χ0v) is 11.0. The van der Waals surface area contributed by atoms with E-state index in [1.807, 2.05) is 6.07 Å². The third kappa shape index (κ3) is 3.00. The van der Waals surface area contributed by atoms with Gasteiger partial charge in [-0.2, -0.15) is 0 Å². The second-order valence-electron chi connectivity index (χ2n) is 5.24. The van der Waals surface area contributed by atoms with E-state index in [-0.39, 0.29) is 0 Å². The van der Waals surface area contributed by atoms with Crippen molar-refractivity contribution in [3.05, 3.63) is 23.8 Å². The molecule has 0 saturated carbocycles. The Morgan fingerprint density at radius 2 is 2.00 bits per heavy atom. The van der Waals surface area contributed by atoms with Crippen molar-refractivity contribution in [3.8, 4) is 11.5 Å². The van der Waals surface area contributed by atoms with Crippen LogP contribution in [0.3, 0.4) is 0 Å². The lowest BCUT2D eigenvalue weighted by Crippen LogP contribution is -2.35. The van der Waals surface area contributed by atoms with Crippen molar-refractivity contribution in [2.45, 2.75) is 19.4 Å². The molecule has 0 bridgehead atoms. The number of ether oxygens (including phenoxy) is 2. The van der Waals surface area contributed by atoms with Gasteiger partial charge >= 0.3 is 0 Å². The molecule has 2 N–H and O–H groups in total. The summed E-state index contributed by atoms with van der Waals surface area (Å²) in [5, 5.41) is 0. The highest BCUT2D eigenvalue weighted by atomic mass is 16.7. The fraction of sp³-hybridized carbons (Fsp3) is 0.571. The first-order valence-electron chi connectivity index (χ1n) is 6.77. The van der Waals surface area contributed by atoms with E-state index in [9.17, 15) is 0 Å². The molecule has 19 heavy (non-hydrogen) atoms. The lowest BCUT2D eigenvalue weighted by atomic mass is 9.97. The SMILES string of the molecule is NOCC1CCN(Cc2ccc3c(c2)OCO3)CC1. The molecule has 0 atom stereocenters. The van der Waals surface area contributed by atoms with E-state index in [1.165, 1.54) is 5.56 Å². The van der Waals surface area contributed by atoms with Crippen LogP contribution in [0.4, 0.5) is 0 Å². The number of nitrogens with two attached hydrogens (primary N) is 1. The highest BCUT2D eigenvalue weighted by Gasteiger charge is 2.20. The summed E-state index contributed by atoms with van der Waals surface area (Å²) in [5.74, 6) is 7.45. The minimum atomic E-state index is 0.337. The van der Waals surface area contributed by atoms with Gasteiger partial charge < -0.3 is 14.3 Å². The van der Waals surface area contributed by atoms with Gasteiger partial charge in [-0.3, -0.25) is 4.90 Å². The molecule has 2 aliphatic rings. The summed E-state index contributed by atoms with van der Waals surface area (Å²) >= 11 is 0. The second kappa shape index (κ2) is 5.77. The molecule has 3 rings (SSSR count). The number of likely N-dealkylation sites (tertiary alicyclic amines) is 1. The molecule has 104 valence electrons. The average Bonchev–Trinajstić information content (AvgIpc) is 2.89. The van der Waals surface area contributed by atoms with E-state index in [0.717, 1.165) is 44.0 Å². The van der Waals surface area contributed by atoms with Gasteiger partial charge in [-0.05, 0) is 49.5 Å². The predicted molar refractivity (Wildman–Crippen MR) is 70.7 cm³/mol. The minimum Gasteiger partial charge on any atom is -0.454 e. The van der Waals surface area contributed by atoms with Gasteiger partial charge in [-0.1, -0.05) is 6.07 Å². The highest BCUT2D eigenvalue weighted by Crippen LogP contribution is 2.33. The largest absolute Gasteiger partial charge is 0.454 e. The molecule has 0 unspecified atom stereocenters. The van der Waals surface area contributed by atoms with Crippen molar-refractivity contribution >= 4 is 0 Å². The predicted octanol–water partition coefficient (Wildman–Crippen LogP) is 1.52. The summed E-state index contributed by atoms with van der Waals surface area (Å²) in [6, 6.07) is 6.19. The van der Waals surface area contributed by atoms with E-state index in [0.29, 0.717) is 19.3 Å². The van der Waals surface area contributed by atoms with Crippen molar-refractivity contribution in [3.63, 3.8) is 0 Å². The quantitative estimate of drug-likeness (QED) is 0.836. The molecule has 0 radical (unpaired) electrons. The molecule has 0 aliphatic carbocycles. The number of nitrogens with zero attached hydrogens (tertiary/aromatic N) is 1. The van der Waals surface area contributed by atoms with E-state index >= 15 is 0 Å². The first-order valence-corrected chi connectivity index (χ1v) is 6.77. The Kier molecular flexibility index (Phi) is 3.87. The molecule has 5 nitrogen and oxygen atoms in total. The third-order valence-corrected chi connectivity index (χ3v) is 3.88. The van der Waals surface area contributed by atoms with Crippen molar-refractivity contribution in [1.29, 1.82) is 0 Å². The van der Waals surface area contributed by atoms with E-state index < -0.39 is 0 Å². The van der Waals surface area contributed by atoms with Crippen molar-refractivity contribution in [2.75, 3.05) is 26.5 Å². The molecular weight excluding hydrogens is 244 g/mol. The van der Waals surface area contributed by atoms with Crippen LogP contribution in [0, 0.1) is 5.92 Å². The average molecular weight is 264 g/mol. The molecule has 2 aliphatic heterocycles. The van der Waals surface area contributed by atoms with Crippen molar-refractivity contribution in [1.82, 2.24) is 4.90 Å². The molecule has 1 aromatic carbocycles. The van der Waals surface area contributed by atoms with Crippen molar-refractivity contribution < 1.29 is 14.3 Å². The van der Waals surface area contributed by atoms with E-state index in [1.54, 1.807) is 0 Å². The van der Waals surface area contributed by atoms with Crippen LogP contribution in [0.15, 0.2) is 18.2 Å². The number of benzene rings is 1. The summed E-state index contributed by atoms with van der Waals surface area (Å²) in [6.45, 7) is 4.18.